The molecule has 3 heterocycles. The Morgan fingerprint density at radius 1 is 1.54 bits per heavy atom. The molecule has 0 radical (unpaired) electrons. The predicted molar refractivity (Wildman–Crippen MR) is 46.4 cm³/mol. The Hall–Kier alpha value is -0.770. The minimum Gasteiger partial charge on any atom is -0.441 e. The molecule has 3 atom stereocenters. The summed E-state index contributed by atoms with van der Waals surface area (Å²) in [7, 11) is 0. The van der Waals surface area contributed by atoms with Gasteiger partial charge < -0.3 is 15.0 Å². The highest BCUT2D eigenvalue weighted by atomic mass is 16.6. The van der Waals surface area contributed by atoms with Crippen LogP contribution in [0.25, 0.3) is 0 Å². The van der Waals surface area contributed by atoms with Crippen LogP contribution in [0.4, 0.5) is 4.79 Å². The minimum absolute atomic E-state index is 0.149. The Balaban J connectivity index is 1.86. The Labute approximate surface area is 77.2 Å². The van der Waals surface area contributed by atoms with Crippen LogP contribution in [0.5, 0.6) is 0 Å². The Morgan fingerprint density at radius 2 is 2.46 bits per heavy atom. The van der Waals surface area contributed by atoms with Crippen molar-refractivity contribution in [2.75, 3.05) is 26.2 Å². The first kappa shape index (κ1) is 7.62. The molecule has 2 bridgehead atoms. The molecule has 3 unspecified atom stereocenters. The molecule has 3 fully saturated rings. The van der Waals surface area contributed by atoms with Gasteiger partial charge in [-0.2, -0.15) is 0 Å². The standard InChI is InChI=1S/C9H14N2O2/c12-8-10-6-9(13-8)2-4-11-3-1-7(9)5-11/h7H,1-6H2,(H,10,12). The van der Waals surface area contributed by atoms with E-state index in [1.54, 1.807) is 0 Å². The topological polar surface area (TPSA) is 41.6 Å². The van der Waals surface area contributed by atoms with Gasteiger partial charge in [-0.25, -0.2) is 4.79 Å². The summed E-state index contributed by atoms with van der Waals surface area (Å²) < 4.78 is 5.44. The molecule has 0 aromatic heterocycles. The molecule has 1 amide bonds. The van der Waals surface area contributed by atoms with Gasteiger partial charge in [-0.3, -0.25) is 0 Å². The molecule has 0 aliphatic carbocycles. The van der Waals surface area contributed by atoms with Crippen molar-refractivity contribution in [3.63, 3.8) is 0 Å². The zero-order chi connectivity index (χ0) is 8.89. The van der Waals surface area contributed by atoms with Gasteiger partial charge in [0.25, 0.3) is 0 Å². The van der Waals surface area contributed by atoms with Crippen LogP contribution in [0.1, 0.15) is 12.8 Å². The van der Waals surface area contributed by atoms with Crippen LogP contribution in [-0.2, 0) is 4.74 Å². The normalized spacial score (nSPS) is 47.8. The van der Waals surface area contributed by atoms with E-state index in [4.69, 9.17) is 4.74 Å². The van der Waals surface area contributed by atoms with E-state index in [0.29, 0.717) is 5.92 Å². The first-order chi connectivity index (χ1) is 6.28. The smallest absolute Gasteiger partial charge is 0.407 e. The van der Waals surface area contributed by atoms with E-state index in [1.807, 2.05) is 0 Å². The van der Waals surface area contributed by atoms with E-state index in [0.717, 1.165) is 26.1 Å². The quantitative estimate of drug-likeness (QED) is 0.581. The van der Waals surface area contributed by atoms with E-state index in [9.17, 15) is 4.79 Å². The van der Waals surface area contributed by atoms with Crippen LogP contribution < -0.4 is 5.32 Å². The highest BCUT2D eigenvalue weighted by Crippen LogP contribution is 2.39. The van der Waals surface area contributed by atoms with E-state index in [1.165, 1.54) is 13.0 Å². The van der Waals surface area contributed by atoms with Gasteiger partial charge in [0.1, 0.15) is 5.60 Å². The maximum atomic E-state index is 11.0. The number of hydrogen-bond acceptors (Lipinski definition) is 3. The van der Waals surface area contributed by atoms with Crippen molar-refractivity contribution in [3.05, 3.63) is 0 Å². The Morgan fingerprint density at radius 3 is 3.23 bits per heavy atom. The van der Waals surface area contributed by atoms with Crippen molar-refractivity contribution >= 4 is 6.09 Å². The largest absolute Gasteiger partial charge is 0.441 e. The summed E-state index contributed by atoms with van der Waals surface area (Å²) in [6.45, 7) is 4.12. The maximum absolute atomic E-state index is 11.0. The van der Waals surface area contributed by atoms with Crippen LogP contribution in [0.2, 0.25) is 0 Å². The second-order valence-electron chi connectivity index (χ2n) is 4.34. The summed E-state index contributed by atoms with van der Waals surface area (Å²) in [6, 6.07) is 0. The van der Waals surface area contributed by atoms with Crippen molar-refractivity contribution in [1.82, 2.24) is 10.2 Å². The lowest BCUT2D eigenvalue weighted by molar-refractivity contribution is -0.0194. The summed E-state index contributed by atoms with van der Waals surface area (Å²) in [4.78, 5) is 13.5. The van der Waals surface area contributed by atoms with Crippen LogP contribution in [0.3, 0.4) is 0 Å². The number of nitrogens with one attached hydrogen (secondary N) is 1. The first-order valence-corrected chi connectivity index (χ1v) is 4.98. The monoisotopic (exact) mass is 182 g/mol. The molecule has 3 rings (SSSR count). The number of hydrogen-bond donors (Lipinski definition) is 1. The number of carbonyl (C=O) groups excluding carboxylic acids is 1. The average molecular weight is 182 g/mol. The Bertz CT molecular complexity index is 256. The van der Waals surface area contributed by atoms with Gasteiger partial charge in [-0.15, -0.1) is 0 Å². The van der Waals surface area contributed by atoms with Crippen molar-refractivity contribution in [3.8, 4) is 0 Å². The number of ether oxygens (including phenoxy) is 1. The summed E-state index contributed by atoms with van der Waals surface area (Å²) in [5.41, 5.74) is -0.149. The molecular weight excluding hydrogens is 168 g/mol. The Kier molecular flexibility index (Phi) is 1.39. The second-order valence-corrected chi connectivity index (χ2v) is 4.34. The molecule has 0 saturated carbocycles. The summed E-state index contributed by atoms with van der Waals surface area (Å²) in [5.74, 6) is 0.570. The zero-order valence-corrected chi connectivity index (χ0v) is 7.58. The number of amides is 1. The predicted octanol–water partition coefficient (Wildman–Crippen LogP) is 0.191. The summed E-state index contributed by atoms with van der Waals surface area (Å²) >= 11 is 0. The van der Waals surface area contributed by atoms with Crippen molar-refractivity contribution < 1.29 is 9.53 Å². The number of alkyl carbamates (subject to hydrolysis) is 1. The van der Waals surface area contributed by atoms with Crippen LogP contribution in [0.15, 0.2) is 0 Å². The molecule has 3 aliphatic heterocycles. The number of carbonyl (C=O) groups is 1. The SMILES string of the molecule is O=C1NCC2(CCN3CCC2C3)O1. The molecule has 13 heavy (non-hydrogen) atoms. The molecular formula is C9H14N2O2. The minimum atomic E-state index is -0.222. The molecule has 3 aliphatic rings. The fourth-order valence-corrected chi connectivity index (χ4v) is 2.86. The van der Waals surface area contributed by atoms with Crippen molar-refractivity contribution in [2.45, 2.75) is 18.4 Å². The van der Waals surface area contributed by atoms with E-state index >= 15 is 0 Å². The van der Waals surface area contributed by atoms with E-state index < -0.39 is 0 Å². The van der Waals surface area contributed by atoms with E-state index in [2.05, 4.69) is 10.2 Å². The average Bonchev–Trinajstić information content (AvgIpc) is 2.66. The molecule has 1 spiro atoms. The summed E-state index contributed by atoms with van der Waals surface area (Å²) in [6.07, 6.45) is 1.98. The number of piperidine rings is 1. The highest BCUT2D eigenvalue weighted by Gasteiger charge is 2.51. The van der Waals surface area contributed by atoms with Crippen LogP contribution >= 0.6 is 0 Å². The lowest BCUT2D eigenvalue weighted by atomic mass is 9.82. The van der Waals surface area contributed by atoms with Crippen LogP contribution in [0, 0.1) is 5.92 Å². The van der Waals surface area contributed by atoms with Gasteiger partial charge in [0.2, 0.25) is 0 Å². The number of fused-ring (bicyclic) bond motifs is 3. The van der Waals surface area contributed by atoms with Crippen molar-refractivity contribution in [1.29, 1.82) is 0 Å². The molecule has 0 aromatic carbocycles. The lowest BCUT2D eigenvalue weighted by Crippen LogP contribution is -2.48. The molecule has 4 nitrogen and oxygen atoms in total. The van der Waals surface area contributed by atoms with E-state index in [-0.39, 0.29) is 11.7 Å². The molecule has 4 heteroatoms. The third kappa shape index (κ3) is 0.981. The molecule has 1 N–H and O–H groups in total. The maximum Gasteiger partial charge on any atom is 0.407 e. The number of rotatable bonds is 0. The second kappa shape index (κ2) is 2.38. The van der Waals surface area contributed by atoms with Gasteiger partial charge in [0, 0.05) is 25.4 Å². The van der Waals surface area contributed by atoms with Crippen LogP contribution in [-0.4, -0.2) is 42.8 Å². The van der Waals surface area contributed by atoms with Crippen molar-refractivity contribution in [2.24, 2.45) is 5.92 Å². The first-order valence-electron chi connectivity index (χ1n) is 4.98. The third-order valence-corrected chi connectivity index (χ3v) is 3.70. The fourth-order valence-electron chi connectivity index (χ4n) is 2.86. The summed E-state index contributed by atoms with van der Waals surface area (Å²) in [5, 5.41) is 2.78. The lowest BCUT2D eigenvalue weighted by Gasteiger charge is -2.37. The van der Waals surface area contributed by atoms with Gasteiger partial charge in [-0.05, 0) is 13.0 Å². The molecule has 0 aromatic rings. The van der Waals surface area contributed by atoms with Gasteiger partial charge in [0.15, 0.2) is 0 Å². The van der Waals surface area contributed by atoms with Gasteiger partial charge >= 0.3 is 6.09 Å². The fraction of sp³-hybridized carbons (Fsp3) is 0.889. The molecule has 72 valence electrons. The third-order valence-electron chi connectivity index (χ3n) is 3.70. The molecule has 3 saturated heterocycles. The van der Waals surface area contributed by atoms with Gasteiger partial charge in [0.05, 0.1) is 6.54 Å². The highest BCUT2D eigenvalue weighted by molar-refractivity contribution is 5.70. The number of nitrogens with zero attached hydrogens (tertiary/aromatic N) is 1. The van der Waals surface area contributed by atoms with Gasteiger partial charge in [-0.1, -0.05) is 0 Å². The zero-order valence-electron chi connectivity index (χ0n) is 7.58.